The smallest absolute Gasteiger partial charge is 0.329 e. The van der Waals surface area contributed by atoms with Gasteiger partial charge in [0.15, 0.2) is 16.3 Å². The second kappa shape index (κ2) is 8.66. The molecule has 0 saturated heterocycles. The first-order valence-electron chi connectivity index (χ1n) is 9.11. The quantitative estimate of drug-likeness (QED) is 0.554. The maximum atomic E-state index is 12.4. The van der Waals surface area contributed by atoms with E-state index in [0.29, 0.717) is 16.6 Å². The summed E-state index contributed by atoms with van der Waals surface area (Å²) >= 11 is 1.49. The molecule has 1 atom stereocenters. The van der Waals surface area contributed by atoms with E-state index in [2.05, 4.69) is 9.97 Å². The molecule has 0 saturated carbocycles. The van der Waals surface area contributed by atoms with Crippen LogP contribution in [0.2, 0.25) is 0 Å². The molecule has 2 heterocycles. The molecule has 8 nitrogen and oxygen atoms in total. The van der Waals surface area contributed by atoms with E-state index >= 15 is 0 Å². The number of rotatable bonds is 8. The first kappa shape index (κ1) is 20.2. The number of aromatic nitrogens is 4. The lowest BCUT2D eigenvalue weighted by molar-refractivity contribution is 0.0910. The van der Waals surface area contributed by atoms with Crippen LogP contribution >= 0.6 is 11.8 Å². The fourth-order valence-corrected chi connectivity index (χ4v) is 3.71. The first-order valence-corrected chi connectivity index (χ1v) is 10.1. The normalized spacial score (nSPS) is 12.4. The zero-order valence-electron chi connectivity index (χ0n) is 16.1. The molecule has 0 aliphatic heterocycles. The lowest BCUT2D eigenvalue weighted by atomic mass is 10.2. The average Bonchev–Trinajstić information content (AvgIpc) is 3.02. The Labute approximate surface area is 166 Å². The summed E-state index contributed by atoms with van der Waals surface area (Å²) in [5.41, 5.74) is 0.530. The van der Waals surface area contributed by atoms with E-state index < -0.39 is 17.4 Å². The highest BCUT2D eigenvalue weighted by Gasteiger charge is 2.20. The van der Waals surface area contributed by atoms with Crippen molar-refractivity contribution in [3.8, 4) is 5.75 Å². The standard InChI is InChI=1S/C19H24N4O4S/c1-4-9-28-19-20-16-15(17(25)21-18(26)22(16)3)23(19)10-13(24)11-27-14-8-6-5-7-12(14)2/h5-8,13,24H,4,9-11H2,1-3H3,(H,21,25,26)/t13-/m0/s1. The number of para-hydroxylation sites is 1. The van der Waals surface area contributed by atoms with Crippen molar-refractivity contribution in [1.82, 2.24) is 19.1 Å². The highest BCUT2D eigenvalue weighted by Crippen LogP contribution is 2.23. The number of aliphatic hydroxyl groups excluding tert-OH is 1. The maximum Gasteiger partial charge on any atom is 0.329 e. The molecule has 3 rings (SSSR count). The molecule has 150 valence electrons. The van der Waals surface area contributed by atoms with E-state index in [1.54, 1.807) is 11.6 Å². The summed E-state index contributed by atoms with van der Waals surface area (Å²) < 4.78 is 8.69. The van der Waals surface area contributed by atoms with E-state index in [9.17, 15) is 14.7 Å². The molecule has 0 bridgehead atoms. The molecule has 28 heavy (non-hydrogen) atoms. The Bertz CT molecular complexity index is 1090. The van der Waals surface area contributed by atoms with Crippen LogP contribution < -0.4 is 16.0 Å². The molecular weight excluding hydrogens is 380 g/mol. The summed E-state index contributed by atoms with van der Waals surface area (Å²) in [6, 6.07) is 7.57. The van der Waals surface area contributed by atoms with Gasteiger partial charge in [-0.2, -0.15) is 0 Å². The summed E-state index contributed by atoms with van der Waals surface area (Å²) in [4.78, 5) is 31.1. The number of nitrogens with one attached hydrogen (secondary N) is 1. The third-order valence-corrected chi connectivity index (χ3v) is 5.51. The molecule has 0 unspecified atom stereocenters. The predicted octanol–water partition coefficient (Wildman–Crippen LogP) is 1.67. The minimum Gasteiger partial charge on any atom is -0.491 e. The second-order valence-electron chi connectivity index (χ2n) is 6.57. The van der Waals surface area contributed by atoms with Crippen molar-refractivity contribution in [2.45, 2.75) is 38.1 Å². The first-order chi connectivity index (χ1) is 13.4. The fourth-order valence-electron chi connectivity index (χ4n) is 2.86. The lowest BCUT2D eigenvalue weighted by Crippen LogP contribution is -2.30. The Morgan fingerprint density at radius 2 is 2.07 bits per heavy atom. The second-order valence-corrected chi connectivity index (χ2v) is 7.64. The topological polar surface area (TPSA) is 102 Å². The molecular formula is C19H24N4O4S. The van der Waals surface area contributed by atoms with Gasteiger partial charge in [0.1, 0.15) is 18.5 Å². The summed E-state index contributed by atoms with van der Waals surface area (Å²) in [5.74, 6) is 1.52. The molecule has 0 amide bonds. The zero-order valence-corrected chi connectivity index (χ0v) is 17.0. The number of aliphatic hydroxyl groups is 1. The van der Waals surface area contributed by atoms with Crippen molar-refractivity contribution in [3.63, 3.8) is 0 Å². The van der Waals surface area contributed by atoms with Gasteiger partial charge in [0.05, 0.1) is 6.54 Å². The van der Waals surface area contributed by atoms with Gasteiger partial charge >= 0.3 is 5.69 Å². The molecule has 3 aromatic rings. The molecule has 0 aliphatic carbocycles. The molecule has 1 aromatic carbocycles. The summed E-state index contributed by atoms with van der Waals surface area (Å²) in [5, 5.41) is 11.1. The van der Waals surface area contributed by atoms with Gasteiger partial charge in [-0.3, -0.25) is 14.3 Å². The number of aromatic amines is 1. The van der Waals surface area contributed by atoms with Crippen LogP contribution in [0.4, 0.5) is 0 Å². The third-order valence-electron chi connectivity index (χ3n) is 4.33. The Balaban J connectivity index is 1.90. The highest BCUT2D eigenvalue weighted by molar-refractivity contribution is 7.99. The van der Waals surface area contributed by atoms with Crippen molar-refractivity contribution in [2.75, 3.05) is 12.4 Å². The zero-order chi connectivity index (χ0) is 20.3. The van der Waals surface area contributed by atoms with Crippen LogP contribution in [-0.2, 0) is 13.6 Å². The van der Waals surface area contributed by atoms with Crippen molar-refractivity contribution < 1.29 is 9.84 Å². The number of imidazole rings is 1. The molecule has 2 aromatic heterocycles. The van der Waals surface area contributed by atoms with E-state index in [4.69, 9.17) is 4.74 Å². The number of H-pyrrole nitrogens is 1. The summed E-state index contributed by atoms with van der Waals surface area (Å²) in [7, 11) is 1.56. The number of hydrogen-bond donors (Lipinski definition) is 2. The van der Waals surface area contributed by atoms with Gasteiger partial charge in [-0.05, 0) is 25.0 Å². The van der Waals surface area contributed by atoms with Gasteiger partial charge in [-0.15, -0.1) is 0 Å². The number of benzene rings is 1. The van der Waals surface area contributed by atoms with Gasteiger partial charge in [0, 0.05) is 12.8 Å². The number of thioether (sulfide) groups is 1. The number of aryl methyl sites for hydroxylation is 2. The molecule has 0 aliphatic rings. The van der Waals surface area contributed by atoms with E-state index in [1.165, 1.54) is 16.3 Å². The van der Waals surface area contributed by atoms with Gasteiger partial charge in [0.2, 0.25) is 0 Å². The van der Waals surface area contributed by atoms with E-state index in [0.717, 1.165) is 17.7 Å². The molecule has 2 N–H and O–H groups in total. The van der Waals surface area contributed by atoms with Crippen LogP contribution in [-0.4, -0.2) is 42.7 Å². The highest BCUT2D eigenvalue weighted by atomic mass is 32.2. The third kappa shape index (κ3) is 4.15. The van der Waals surface area contributed by atoms with E-state index in [1.807, 2.05) is 38.1 Å². The number of nitrogens with zero attached hydrogens (tertiary/aromatic N) is 3. The predicted molar refractivity (Wildman–Crippen MR) is 109 cm³/mol. The minimum absolute atomic E-state index is 0.0755. The Kier molecular flexibility index (Phi) is 6.25. The average molecular weight is 404 g/mol. The molecule has 0 spiro atoms. The SMILES string of the molecule is CCCSc1nc2c(c(=O)[nH]c(=O)n2C)n1C[C@H](O)COc1ccccc1C. The number of ether oxygens (including phenoxy) is 1. The fraction of sp³-hybridized carbons (Fsp3) is 0.421. The number of hydrogen-bond acceptors (Lipinski definition) is 6. The van der Waals surface area contributed by atoms with Crippen LogP contribution in [0.3, 0.4) is 0 Å². The summed E-state index contributed by atoms with van der Waals surface area (Å²) in [6.45, 7) is 4.19. The Hall–Kier alpha value is -2.52. The molecule has 0 fully saturated rings. The maximum absolute atomic E-state index is 12.4. The van der Waals surface area contributed by atoms with Crippen LogP contribution in [0.25, 0.3) is 11.2 Å². The van der Waals surface area contributed by atoms with Crippen LogP contribution in [0.15, 0.2) is 39.0 Å². The van der Waals surface area contributed by atoms with Crippen molar-refractivity contribution in [3.05, 3.63) is 50.7 Å². The molecule has 0 radical (unpaired) electrons. The summed E-state index contributed by atoms with van der Waals surface area (Å²) in [6.07, 6.45) is 0.0804. The Morgan fingerprint density at radius 1 is 1.32 bits per heavy atom. The van der Waals surface area contributed by atoms with Crippen molar-refractivity contribution in [1.29, 1.82) is 0 Å². The largest absolute Gasteiger partial charge is 0.491 e. The van der Waals surface area contributed by atoms with Crippen molar-refractivity contribution >= 4 is 22.9 Å². The monoisotopic (exact) mass is 404 g/mol. The molecule has 9 heteroatoms. The van der Waals surface area contributed by atoms with Crippen LogP contribution in [0.5, 0.6) is 5.75 Å². The van der Waals surface area contributed by atoms with Gasteiger partial charge in [-0.25, -0.2) is 9.78 Å². The van der Waals surface area contributed by atoms with Crippen LogP contribution in [0, 0.1) is 6.92 Å². The van der Waals surface area contributed by atoms with Gasteiger partial charge in [0.25, 0.3) is 5.56 Å². The minimum atomic E-state index is -0.852. The van der Waals surface area contributed by atoms with Gasteiger partial charge in [-0.1, -0.05) is 36.9 Å². The number of fused-ring (bicyclic) bond motifs is 1. The Morgan fingerprint density at radius 3 is 2.79 bits per heavy atom. The van der Waals surface area contributed by atoms with Crippen molar-refractivity contribution in [2.24, 2.45) is 7.05 Å². The lowest BCUT2D eigenvalue weighted by Gasteiger charge is -2.16. The van der Waals surface area contributed by atoms with Gasteiger partial charge < -0.3 is 14.4 Å². The van der Waals surface area contributed by atoms with E-state index in [-0.39, 0.29) is 18.7 Å². The van der Waals surface area contributed by atoms with Crippen LogP contribution in [0.1, 0.15) is 18.9 Å².